The summed E-state index contributed by atoms with van der Waals surface area (Å²) in [5.41, 5.74) is 4.41. The molecule has 1 aromatic heterocycles. The van der Waals surface area contributed by atoms with Crippen LogP contribution >= 0.6 is 0 Å². The number of carbonyl (C=O) groups is 1. The van der Waals surface area contributed by atoms with Crippen LogP contribution in [0.25, 0.3) is 11.3 Å². The molecule has 0 spiro atoms. The van der Waals surface area contributed by atoms with Gasteiger partial charge in [-0.1, -0.05) is 37.3 Å². The summed E-state index contributed by atoms with van der Waals surface area (Å²) in [4.78, 5) is 14.4. The van der Waals surface area contributed by atoms with Crippen LogP contribution in [0.4, 0.5) is 0 Å². The predicted molar refractivity (Wildman–Crippen MR) is 123 cm³/mol. The van der Waals surface area contributed by atoms with E-state index in [4.69, 9.17) is 14.6 Å². The van der Waals surface area contributed by atoms with Crippen LogP contribution in [-0.2, 0) is 22.5 Å². The maximum Gasteiger partial charge on any atom is 0.222 e. The zero-order valence-electron chi connectivity index (χ0n) is 18.5. The molecule has 6 nitrogen and oxygen atoms in total. The van der Waals surface area contributed by atoms with Crippen LogP contribution in [-0.4, -0.2) is 40.3 Å². The lowest BCUT2D eigenvalue weighted by Gasteiger charge is -2.30. The zero-order chi connectivity index (χ0) is 21.9. The van der Waals surface area contributed by atoms with Gasteiger partial charge >= 0.3 is 0 Å². The maximum atomic E-state index is 12.5. The van der Waals surface area contributed by atoms with E-state index in [-0.39, 0.29) is 5.91 Å². The first-order chi connectivity index (χ1) is 15.7. The van der Waals surface area contributed by atoms with E-state index in [0.717, 1.165) is 61.8 Å². The molecular weight excluding hydrogens is 402 g/mol. The van der Waals surface area contributed by atoms with E-state index in [9.17, 15) is 4.79 Å². The van der Waals surface area contributed by atoms with E-state index in [1.165, 1.54) is 11.3 Å². The summed E-state index contributed by atoms with van der Waals surface area (Å²) in [5, 5.41) is 5.12. The van der Waals surface area contributed by atoms with Crippen molar-refractivity contribution in [3.05, 3.63) is 65.9 Å². The van der Waals surface area contributed by atoms with Gasteiger partial charge in [0.1, 0.15) is 11.5 Å². The van der Waals surface area contributed by atoms with Crippen molar-refractivity contribution >= 4 is 5.91 Å². The van der Waals surface area contributed by atoms with Gasteiger partial charge in [0.25, 0.3) is 0 Å². The molecule has 5 rings (SSSR count). The topological polar surface area (TPSA) is 56.6 Å². The maximum absolute atomic E-state index is 12.5. The fourth-order valence-corrected chi connectivity index (χ4v) is 4.68. The SMILES string of the molecule is CCC(=O)N1CCc2c(c(-c3cccc(Oc4ccccc4)c3)nn2C2CCOCC2)C1. The molecule has 2 aliphatic heterocycles. The molecule has 6 heteroatoms. The van der Waals surface area contributed by atoms with Crippen LogP contribution in [0.15, 0.2) is 54.6 Å². The van der Waals surface area contributed by atoms with Gasteiger partial charge in [-0.3, -0.25) is 9.48 Å². The van der Waals surface area contributed by atoms with Crippen molar-refractivity contribution in [3.63, 3.8) is 0 Å². The van der Waals surface area contributed by atoms with E-state index in [1.807, 2.05) is 60.4 Å². The fourth-order valence-electron chi connectivity index (χ4n) is 4.68. The highest BCUT2D eigenvalue weighted by Crippen LogP contribution is 2.35. The first-order valence-corrected chi connectivity index (χ1v) is 11.5. The highest BCUT2D eigenvalue weighted by molar-refractivity contribution is 5.77. The molecule has 0 N–H and O–H groups in total. The van der Waals surface area contributed by atoms with E-state index in [0.29, 0.717) is 19.0 Å². The number of benzene rings is 2. The Balaban J connectivity index is 1.52. The summed E-state index contributed by atoms with van der Waals surface area (Å²) in [7, 11) is 0. The van der Waals surface area contributed by atoms with Crippen LogP contribution in [0.5, 0.6) is 11.5 Å². The zero-order valence-corrected chi connectivity index (χ0v) is 18.5. The summed E-state index contributed by atoms with van der Waals surface area (Å²) in [6.07, 6.45) is 3.31. The fraction of sp³-hybridized carbons (Fsp3) is 0.385. The summed E-state index contributed by atoms with van der Waals surface area (Å²) < 4.78 is 13.9. The van der Waals surface area contributed by atoms with Gasteiger partial charge in [-0.15, -0.1) is 0 Å². The summed E-state index contributed by atoms with van der Waals surface area (Å²) >= 11 is 0. The van der Waals surface area contributed by atoms with Crippen LogP contribution in [0.2, 0.25) is 0 Å². The predicted octanol–water partition coefficient (Wildman–Crippen LogP) is 4.99. The third-order valence-electron chi connectivity index (χ3n) is 6.36. The second kappa shape index (κ2) is 9.17. The lowest BCUT2D eigenvalue weighted by molar-refractivity contribution is -0.131. The average Bonchev–Trinajstić information content (AvgIpc) is 3.24. The second-order valence-electron chi connectivity index (χ2n) is 8.42. The molecule has 0 unspecified atom stereocenters. The Labute approximate surface area is 188 Å². The number of rotatable bonds is 5. The minimum absolute atomic E-state index is 0.196. The smallest absolute Gasteiger partial charge is 0.222 e. The van der Waals surface area contributed by atoms with Gasteiger partial charge in [0.05, 0.1) is 11.7 Å². The number of amides is 1. The number of fused-ring (bicyclic) bond motifs is 1. The second-order valence-corrected chi connectivity index (χ2v) is 8.42. The Hall–Kier alpha value is -3.12. The molecule has 3 aromatic rings. The number of para-hydroxylation sites is 1. The van der Waals surface area contributed by atoms with Crippen molar-refractivity contribution in [2.75, 3.05) is 19.8 Å². The van der Waals surface area contributed by atoms with Gasteiger partial charge in [0.15, 0.2) is 0 Å². The normalized spacial score (nSPS) is 16.6. The molecule has 3 heterocycles. The molecular formula is C26H29N3O3. The van der Waals surface area contributed by atoms with Gasteiger partial charge in [0, 0.05) is 56.0 Å². The lowest BCUT2D eigenvalue weighted by atomic mass is 9.99. The Morgan fingerprint density at radius 1 is 1.09 bits per heavy atom. The third-order valence-corrected chi connectivity index (χ3v) is 6.36. The molecule has 0 saturated carbocycles. The van der Waals surface area contributed by atoms with Crippen LogP contribution in [0.1, 0.15) is 43.5 Å². The van der Waals surface area contributed by atoms with Gasteiger partial charge in [0.2, 0.25) is 5.91 Å². The molecule has 0 radical (unpaired) electrons. The van der Waals surface area contributed by atoms with Gasteiger partial charge < -0.3 is 14.4 Å². The molecule has 1 saturated heterocycles. The molecule has 2 aromatic carbocycles. The molecule has 0 aliphatic carbocycles. The molecule has 0 bridgehead atoms. The molecule has 32 heavy (non-hydrogen) atoms. The monoisotopic (exact) mass is 431 g/mol. The average molecular weight is 432 g/mol. The van der Waals surface area contributed by atoms with Gasteiger partial charge in [-0.05, 0) is 37.1 Å². The van der Waals surface area contributed by atoms with E-state index in [2.05, 4.69) is 10.7 Å². The lowest BCUT2D eigenvalue weighted by Crippen LogP contribution is -2.36. The number of nitrogens with zero attached hydrogens (tertiary/aromatic N) is 3. The summed E-state index contributed by atoms with van der Waals surface area (Å²) in [6.45, 7) is 4.84. The Kier molecular flexibility index (Phi) is 5.95. The standard InChI is InChI=1S/C26H29N3O3/c1-2-25(30)28-14-11-24-23(18-28)26(27-29(24)20-12-15-31-16-13-20)19-7-6-10-22(17-19)32-21-8-4-3-5-9-21/h3-10,17,20H,2,11-16,18H2,1H3. The van der Waals surface area contributed by atoms with Crippen molar-refractivity contribution in [2.45, 2.75) is 45.2 Å². The highest BCUT2D eigenvalue weighted by Gasteiger charge is 2.30. The van der Waals surface area contributed by atoms with Crippen molar-refractivity contribution in [2.24, 2.45) is 0 Å². The first-order valence-electron chi connectivity index (χ1n) is 11.5. The summed E-state index contributed by atoms with van der Waals surface area (Å²) in [6, 6.07) is 18.2. The third kappa shape index (κ3) is 4.15. The minimum atomic E-state index is 0.196. The van der Waals surface area contributed by atoms with Crippen molar-refractivity contribution in [1.82, 2.24) is 14.7 Å². The molecule has 1 fully saturated rings. The molecule has 1 amide bonds. The van der Waals surface area contributed by atoms with E-state index in [1.54, 1.807) is 0 Å². The number of ether oxygens (including phenoxy) is 2. The van der Waals surface area contributed by atoms with Gasteiger partial charge in [-0.2, -0.15) is 5.10 Å². The molecule has 0 atom stereocenters. The number of hydrogen-bond donors (Lipinski definition) is 0. The van der Waals surface area contributed by atoms with Crippen LogP contribution in [0.3, 0.4) is 0 Å². The molecule has 166 valence electrons. The van der Waals surface area contributed by atoms with Crippen LogP contribution < -0.4 is 4.74 Å². The number of hydrogen-bond acceptors (Lipinski definition) is 4. The number of carbonyl (C=O) groups excluding carboxylic acids is 1. The molecule has 2 aliphatic rings. The summed E-state index contributed by atoms with van der Waals surface area (Å²) in [5.74, 6) is 1.78. The number of aromatic nitrogens is 2. The highest BCUT2D eigenvalue weighted by atomic mass is 16.5. The van der Waals surface area contributed by atoms with Gasteiger partial charge in [-0.25, -0.2) is 0 Å². The quantitative estimate of drug-likeness (QED) is 0.571. The van der Waals surface area contributed by atoms with Crippen molar-refractivity contribution < 1.29 is 14.3 Å². The Morgan fingerprint density at radius 2 is 1.88 bits per heavy atom. The minimum Gasteiger partial charge on any atom is -0.457 e. The van der Waals surface area contributed by atoms with Crippen molar-refractivity contribution in [1.29, 1.82) is 0 Å². The van der Waals surface area contributed by atoms with E-state index < -0.39 is 0 Å². The first kappa shape index (κ1) is 20.8. The largest absolute Gasteiger partial charge is 0.457 e. The Morgan fingerprint density at radius 3 is 2.66 bits per heavy atom. The van der Waals surface area contributed by atoms with Crippen molar-refractivity contribution in [3.8, 4) is 22.8 Å². The van der Waals surface area contributed by atoms with E-state index >= 15 is 0 Å². The van der Waals surface area contributed by atoms with Crippen LogP contribution in [0, 0.1) is 0 Å². The Bertz CT molecular complexity index is 1090.